The molecule has 0 amide bonds. The van der Waals surface area contributed by atoms with Crippen molar-refractivity contribution in [3.05, 3.63) is 70.4 Å². The van der Waals surface area contributed by atoms with Crippen molar-refractivity contribution < 1.29 is 0 Å². The molecule has 0 bridgehead atoms. The van der Waals surface area contributed by atoms with Crippen LogP contribution in [0.3, 0.4) is 0 Å². The summed E-state index contributed by atoms with van der Waals surface area (Å²) in [5, 5.41) is 4.45. The van der Waals surface area contributed by atoms with Crippen molar-refractivity contribution in [1.29, 1.82) is 0 Å². The molecule has 0 radical (unpaired) electrons. The summed E-state index contributed by atoms with van der Waals surface area (Å²) in [7, 11) is 0. The van der Waals surface area contributed by atoms with Crippen LogP contribution >= 0.6 is 0 Å². The largest absolute Gasteiger partial charge is 0.322 e. The number of fused-ring (bicyclic) bond motifs is 1. The maximum atomic E-state index is 12.6. The lowest BCUT2D eigenvalue weighted by Crippen LogP contribution is -2.30. The van der Waals surface area contributed by atoms with Gasteiger partial charge in [0.25, 0.3) is 5.56 Å². The molecule has 0 aliphatic rings. The van der Waals surface area contributed by atoms with Crippen molar-refractivity contribution in [3.63, 3.8) is 0 Å². The maximum Gasteiger partial charge on any atom is 0.278 e. The molecule has 0 fully saturated rings. The van der Waals surface area contributed by atoms with Crippen LogP contribution in [0.25, 0.3) is 5.52 Å². The van der Waals surface area contributed by atoms with E-state index < -0.39 is 0 Å². The zero-order valence-electron chi connectivity index (χ0n) is 11.2. The lowest BCUT2D eigenvalue weighted by molar-refractivity contribution is 0.584. The van der Waals surface area contributed by atoms with E-state index in [1.165, 1.54) is 0 Å². The standard InChI is InChI=1S/C15H16N4O/c1-11(16)14-17-19-9-5-8-13(19)15(20)18(14)10-12-6-3-2-4-7-12/h2-9,11H,10,16H2,1H3/t11-/m0/s1. The Hall–Kier alpha value is -2.40. The van der Waals surface area contributed by atoms with Gasteiger partial charge in [0, 0.05) is 6.20 Å². The van der Waals surface area contributed by atoms with Crippen LogP contribution in [0.1, 0.15) is 24.4 Å². The molecule has 1 aromatic carbocycles. The second-order valence-corrected chi connectivity index (χ2v) is 4.86. The number of nitrogens with two attached hydrogens (primary N) is 1. The van der Waals surface area contributed by atoms with E-state index in [0.29, 0.717) is 17.9 Å². The highest BCUT2D eigenvalue weighted by Crippen LogP contribution is 2.09. The van der Waals surface area contributed by atoms with Crippen LogP contribution in [0.15, 0.2) is 53.5 Å². The summed E-state index contributed by atoms with van der Waals surface area (Å²) < 4.78 is 3.23. The number of hydrogen-bond acceptors (Lipinski definition) is 3. The van der Waals surface area contributed by atoms with Gasteiger partial charge < -0.3 is 5.73 Å². The predicted octanol–water partition coefficient (Wildman–Crippen LogP) is 1.56. The number of hydrogen-bond donors (Lipinski definition) is 1. The van der Waals surface area contributed by atoms with Crippen LogP contribution in [0.2, 0.25) is 0 Å². The fourth-order valence-electron chi connectivity index (χ4n) is 2.29. The Morgan fingerprint density at radius 1 is 1.20 bits per heavy atom. The van der Waals surface area contributed by atoms with Gasteiger partial charge in [0.15, 0.2) is 0 Å². The van der Waals surface area contributed by atoms with Crippen LogP contribution in [0.4, 0.5) is 0 Å². The average Bonchev–Trinajstić information content (AvgIpc) is 2.91. The molecule has 0 aliphatic heterocycles. The van der Waals surface area contributed by atoms with Crippen molar-refractivity contribution in [2.75, 3.05) is 0 Å². The van der Waals surface area contributed by atoms with Crippen LogP contribution in [0.5, 0.6) is 0 Å². The minimum absolute atomic E-state index is 0.0684. The van der Waals surface area contributed by atoms with Crippen LogP contribution in [0, 0.1) is 0 Å². The van der Waals surface area contributed by atoms with Gasteiger partial charge in [0.1, 0.15) is 11.3 Å². The SMILES string of the molecule is C[C@H](N)c1nn2cccc2c(=O)n1Cc1ccccc1. The third kappa shape index (κ3) is 2.12. The molecular weight excluding hydrogens is 252 g/mol. The van der Waals surface area contributed by atoms with E-state index in [1.54, 1.807) is 21.3 Å². The first-order valence-electron chi connectivity index (χ1n) is 6.54. The summed E-state index contributed by atoms with van der Waals surface area (Å²) in [4.78, 5) is 12.6. The molecular formula is C15H16N4O. The third-order valence-corrected chi connectivity index (χ3v) is 3.27. The molecule has 1 atom stereocenters. The molecule has 0 unspecified atom stereocenters. The summed E-state index contributed by atoms with van der Waals surface area (Å²) in [6.07, 6.45) is 1.76. The summed E-state index contributed by atoms with van der Waals surface area (Å²) in [5.41, 5.74) is 7.50. The van der Waals surface area contributed by atoms with Gasteiger partial charge in [-0.2, -0.15) is 5.10 Å². The van der Waals surface area contributed by atoms with Crippen molar-refractivity contribution in [2.45, 2.75) is 19.5 Å². The van der Waals surface area contributed by atoms with Gasteiger partial charge in [0.05, 0.1) is 12.6 Å². The Kier molecular flexibility index (Phi) is 3.12. The molecule has 0 aliphatic carbocycles. The van der Waals surface area contributed by atoms with Crippen molar-refractivity contribution in [2.24, 2.45) is 5.73 Å². The smallest absolute Gasteiger partial charge is 0.278 e. The summed E-state index contributed by atoms with van der Waals surface area (Å²) in [6, 6.07) is 13.1. The molecule has 0 saturated carbocycles. The fraction of sp³-hybridized carbons (Fsp3) is 0.200. The first-order valence-corrected chi connectivity index (χ1v) is 6.54. The van der Waals surface area contributed by atoms with E-state index in [0.717, 1.165) is 5.56 Å². The second-order valence-electron chi connectivity index (χ2n) is 4.86. The first kappa shape index (κ1) is 12.6. The lowest BCUT2D eigenvalue weighted by atomic mass is 10.2. The lowest BCUT2D eigenvalue weighted by Gasteiger charge is -2.15. The number of nitrogens with zero attached hydrogens (tertiary/aromatic N) is 3. The van der Waals surface area contributed by atoms with Crippen molar-refractivity contribution >= 4 is 5.52 Å². The van der Waals surface area contributed by atoms with Gasteiger partial charge in [0.2, 0.25) is 0 Å². The van der Waals surface area contributed by atoms with Crippen molar-refractivity contribution in [3.8, 4) is 0 Å². The predicted molar refractivity (Wildman–Crippen MR) is 77.6 cm³/mol. The van der Waals surface area contributed by atoms with Crippen LogP contribution in [-0.4, -0.2) is 14.2 Å². The Morgan fingerprint density at radius 3 is 2.65 bits per heavy atom. The maximum absolute atomic E-state index is 12.6. The molecule has 102 valence electrons. The highest BCUT2D eigenvalue weighted by atomic mass is 16.1. The number of aromatic nitrogens is 3. The molecule has 0 spiro atoms. The van der Waals surface area contributed by atoms with Crippen LogP contribution in [-0.2, 0) is 6.54 Å². The Morgan fingerprint density at radius 2 is 1.95 bits per heavy atom. The van der Waals surface area contributed by atoms with Gasteiger partial charge in [-0.15, -0.1) is 0 Å². The van der Waals surface area contributed by atoms with E-state index in [4.69, 9.17) is 5.73 Å². The Bertz CT molecular complexity index is 786. The highest BCUT2D eigenvalue weighted by Gasteiger charge is 2.14. The normalized spacial score (nSPS) is 12.7. The quantitative estimate of drug-likeness (QED) is 0.784. The number of rotatable bonds is 3. The highest BCUT2D eigenvalue weighted by molar-refractivity contribution is 5.44. The van der Waals surface area contributed by atoms with Gasteiger partial charge in [-0.25, -0.2) is 4.52 Å². The third-order valence-electron chi connectivity index (χ3n) is 3.27. The summed E-state index contributed by atoms with van der Waals surface area (Å²) in [6.45, 7) is 2.31. The van der Waals surface area contributed by atoms with Gasteiger partial charge in [-0.05, 0) is 24.6 Å². The molecule has 2 heterocycles. The van der Waals surface area contributed by atoms with Crippen LogP contribution < -0.4 is 11.3 Å². The minimum atomic E-state index is -0.307. The molecule has 5 heteroatoms. The first-order chi connectivity index (χ1) is 9.66. The second kappa shape index (κ2) is 4.94. The molecule has 3 rings (SSSR count). The van der Waals surface area contributed by atoms with Crippen molar-refractivity contribution in [1.82, 2.24) is 14.2 Å². The Labute approximate surface area is 116 Å². The molecule has 5 nitrogen and oxygen atoms in total. The van der Waals surface area contributed by atoms with E-state index in [2.05, 4.69) is 5.10 Å². The van der Waals surface area contributed by atoms with E-state index in [-0.39, 0.29) is 11.6 Å². The number of benzene rings is 1. The van der Waals surface area contributed by atoms with E-state index in [1.807, 2.05) is 43.3 Å². The monoisotopic (exact) mass is 268 g/mol. The molecule has 0 saturated heterocycles. The molecule has 20 heavy (non-hydrogen) atoms. The van der Waals surface area contributed by atoms with Gasteiger partial charge in [-0.1, -0.05) is 30.3 Å². The molecule has 3 aromatic rings. The van der Waals surface area contributed by atoms with Gasteiger partial charge >= 0.3 is 0 Å². The summed E-state index contributed by atoms with van der Waals surface area (Å²) in [5.74, 6) is 0.586. The Balaban J connectivity index is 2.19. The average molecular weight is 268 g/mol. The van der Waals surface area contributed by atoms with E-state index >= 15 is 0 Å². The van der Waals surface area contributed by atoms with Gasteiger partial charge in [-0.3, -0.25) is 9.36 Å². The minimum Gasteiger partial charge on any atom is -0.322 e. The molecule has 2 aromatic heterocycles. The topological polar surface area (TPSA) is 65.3 Å². The zero-order valence-corrected chi connectivity index (χ0v) is 11.2. The zero-order chi connectivity index (χ0) is 14.1. The van der Waals surface area contributed by atoms with E-state index in [9.17, 15) is 4.79 Å². The fourth-order valence-corrected chi connectivity index (χ4v) is 2.29. The molecule has 2 N–H and O–H groups in total. The summed E-state index contributed by atoms with van der Waals surface area (Å²) >= 11 is 0.